The lowest BCUT2D eigenvalue weighted by Gasteiger charge is -2.10. The molecule has 16 heavy (non-hydrogen) atoms. The van der Waals surface area contributed by atoms with Gasteiger partial charge < -0.3 is 5.32 Å². The molecule has 0 spiro atoms. The molecule has 0 saturated carbocycles. The van der Waals surface area contributed by atoms with Gasteiger partial charge in [0.25, 0.3) is 0 Å². The molecule has 6 nitrogen and oxygen atoms in total. The predicted octanol–water partition coefficient (Wildman–Crippen LogP) is 0.720. The summed E-state index contributed by atoms with van der Waals surface area (Å²) in [5.74, 6) is 0. The van der Waals surface area contributed by atoms with Gasteiger partial charge in [0.05, 0.1) is 18.4 Å². The summed E-state index contributed by atoms with van der Waals surface area (Å²) in [7, 11) is 1.90. The molecule has 2 heterocycles. The van der Waals surface area contributed by atoms with Crippen molar-refractivity contribution in [1.82, 2.24) is 30.5 Å². The molecule has 0 aromatic carbocycles. The number of nitrogens with one attached hydrogen (secondary N) is 2. The minimum absolute atomic E-state index is 0.0457. The van der Waals surface area contributed by atoms with Crippen LogP contribution in [0.3, 0.4) is 0 Å². The Morgan fingerprint density at radius 2 is 2.38 bits per heavy atom. The van der Waals surface area contributed by atoms with Gasteiger partial charge >= 0.3 is 0 Å². The molecule has 2 rings (SSSR count). The van der Waals surface area contributed by atoms with Crippen molar-refractivity contribution in [3.63, 3.8) is 0 Å². The molecule has 0 aliphatic carbocycles. The van der Waals surface area contributed by atoms with Crippen molar-refractivity contribution in [2.45, 2.75) is 25.9 Å². The highest BCUT2D eigenvalue weighted by atomic mass is 15.3. The van der Waals surface area contributed by atoms with Crippen molar-refractivity contribution in [1.29, 1.82) is 0 Å². The number of hydrogen-bond donors (Lipinski definition) is 2. The predicted molar refractivity (Wildman–Crippen MR) is 59.8 cm³/mol. The Labute approximate surface area is 94.1 Å². The SMILES string of the molecule is CCCn1cc(C(NC)c2cn[nH]n2)cn1. The lowest BCUT2D eigenvalue weighted by Crippen LogP contribution is -2.17. The molecule has 0 radical (unpaired) electrons. The van der Waals surface area contributed by atoms with Crippen LogP contribution in [0.5, 0.6) is 0 Å². The summed E-state index contributed by atoms with van der Waals surface area (Å²) in [5.41, 5.74) is 1.98. The monoisotopic (exact) mass is 220 g/mol. The lowest BCUT2D eigenvalue weighted by atomic mass is 10.1. The molecule has 0 bridgehead atoms. The number of rotatable bonds is 5. The van der Waals surface area contributed by atoms with Crippen LogP contribution in [0.4, 0.5) is 0 Å². The fourth-order valence-electron chi connectivity index (χ4n) is 1.71. The number of H-pyrrole nitrogens is 1. The van der Waals surface area contributed by atoms with Crippen molar-refractivity contribution in [2.24, 2.45) is 0 Å². The average Bonchev–Trinajstić information content (AvgIpc) is 2.92. The summed E-state index contributed by atoms with van der Waals surface area (Å²) in [6, 6.07) is 0.0457. The van der Waals surface area contributed by atoms with Gasteiger partial charge in [-0.1, -0.05) is 6.92 Å². The maximum absolute atomic E-state index is 4.30. The number of aromatic nitrogens is 5. The zero-order valence-corrected chi connectivity index (χ0v) is 9.51. The second-order valence-corrected chi connectivity index (χ2v) is 3.65. The molecule has 1 unspecified atom stereocenters. The first kappa shape index (κ1) is 10.8. The smallest absolute Gasteiger partial charge is 0.104 e. The molecule has 0 amide bonds. The van der Waals surface area contributed by atoms with E-state index in [1.54, 1.807) is 6.20 Å². The van der Waals surface area contributed by atoms with Crippen LogP contribution < -0.4 is 5.32 Å². The first-order valence-electron chi connectivity index (χ1n) is 5.40. The molecular formula is C10H16N6. The van der Waals surface area contributed by atoms with E-state index in [9.17, 15) is 0 Å². The van der Waals surface area contributed by atoms with Gasteiger partial charge in [0.1, 0.15) is 5.69 Å². The van der Waals surface area contributed by atoms with E-state index in [2.05, 4.69) is 32.7 Å². The quantitative estimate of drug-likeness (QED) is 0.779. The van der Waals surface area contributed by atoms with Gasteiger partial charge in [0.15, 0.2) is 0 Å². The van der Waals surface area contributed by atoms with Crippen molar-refractivity contribution in [3.05, 3.63) is 29.8 Å². The van der Waals surface area contributed by atoms with Gasteiger partial charge in [0, 0.05) is 18.3 Å². The van der Waals surface area contributed by atoms with E-state index in [1.807, 2.05) is 24.1 Å². The average molecular weight is 220 g/mol. The summed E-state index contributed by atoms with van der Waals surface area (Å²) in [6.45, 7) is 3.07. The summed E-state index contributed by atoms with van der Waals surface area (Å²) in [6.07, 6.45) is 6.71. The van der Waals surface area contributed by atoms with E-state index in [4.69, 9.17) is 0 Å². The third-order valence-electron chi connectivity index (χ3n) is 2.46. The zero-order valence-electron chi connectivity index (χ0n) is 9.51. The Bertz CT molecular complexity index is 418. The molecule has 2 aromatic rings. The maximum Gasteiger partial charge on any atom is 0.104 e. The Morgan fingerprint density at radius 1 is 1.50 bits per heavy atom. The molecule has 0 saturated heterocycles. The highest BCUT2D eigenvalue weighted by Crippen LogP contribution is 2.18. The molecule has 86 valence electrons. The van der Waals surface area contributed by atoms with Crippen molar-refractivity contribution >= 4 is 0 Å². The Morgan fingerprint density at radius 3 is 3.00 bits per heavy atom. The first-order chi connectivity index (χ1) is 7.85. The number of aromatic amines is 1. The molecule has 1 atom stereocenters. The van der Waals surface area contributed by atoms with E-state index in [-0.39, 0.29) is 6.04 Å². The highest BCUT2D eigenvalue weighted by molar-refractivity contribution is 5.20. The second-order valence-electron chi connectivity index (χ2n) is 3.65. The fraction of sp³-hybridized carbons (Fsp3) is 0.500. The topological polar surface area (TPSA) is 71.4 Å². The zero-order chi connectivity index (χ0) is 11.4. The van der Waals surface area contributed by atoms with Gasteiger partial charge in [-0.2, -0.15) is 20.5 Å². The molecule has 2 aromatic heterocycles. The second kappa shape index (κ2) is 4.89. The molecule has 0 aliphatic heterocycles. The Hall–Kier alpha value is -1.69. The van der Waals surface area contributed by atoms with Crippen molar-refractivity contribution in [2.75, 3.05) is 7.05 Å². The minimum atomic E-state index is 0.0457. The van der Waals surface area contributed by atoms with Crippen LogP contribution in [-0.4, -0.2) is 32.2 Å². The molecule has 6 heteroatoms. The van der Waals surface area contributed by atoms with Crippen molar-refractivity contribution < 1.29 is 0 Å². The first-order valence-corrected chi connectivity index (χ1v) is 5.40. The van der Waals surface area contributed by atoms with Gasteiger partial charge in [-0.25, -0.2) is 0 Å². The van der Waals surface area contributed by atoms with Gasteiger partial charge in [-0.05, 0) is 13.5 Å². The fourth-order valence-corrected chi connectivity index (χ4v) is 1.71. The summed E-state index contributed by atoms with van der Waals surface area (Å²) < 4.78 is 1.94. The molecular weight excluding hydrogens is 204 g/mol. The highest BCUT2D eigenvalue weighted by Gasteiger charge is 2.16. The molecule has 0 aliphatic rings. The lowest BCUT2D eigenvalue weighted by molar-refractivity contribution is 0.599. The number of aryl methyl sites for hydroxylation is 1. The van der Waals surface area contributed by atoms with Crippen LogP contribution in [-0.2, 0) is 6.54 Å². The maximum atomic E-state index is 4.30. The molecule has 0 fully saturated rings. The summed E-state index contributed by atoms with van der Waals surface area (Å²) in [4.78, 5) is 0. The standard InChI is InChI=1S/C10H16N6/c1-3-4-16-7-8(5-13-16)10(11-2)9-6-12-15-14-9/h5-7,10-11H,3-4H2,1-2H3,(H,12,14,15). The van der Waals surface area contributed by atoms with Crippen LogP contribution in [0.2, 0.25) is 0 Å². The number of nitrogens with zero attached hydrogens (tertiary/aromatic N) is 4. The normalized spacial score (nSPS) is 12.9. The van der Waals surface area contributed by atoms with E-state index >= 15 is 0 Å². The summed E-state index contributed by atoms with van der Waals surface area (Å²) >= 11 is 0. The van der Waals surface area contributed by atoms with E-state index in [0.29, 0.717) is 0 Å². The number of hydrogen-bond acceptors (Lipinski definition) is 4. The molecule has 2 N–H and O–H groups in total. The van der Waals surface area contributed by atoms with E-state index < -0.39 is 0 Å². The van der Waals surface area contributed by atoms with Gasteiger partial charge in [-0.15, -0.1) is 0 Å². The van der Waals surface area contributed by atoms with Gasteiger partial charge in [-0.3, -0.25) is 4.68 Å². The Kier molecular flexibility index (Phi) is 3.31. The van der Waals surface area contributed by atoms with Gasteiger partial charge in [0.2, 0.25) is 0 Å². The third-order valence-corrected chi connectivity index (χ3v) is 2.46. The van der Waals surface area contributed by atoms with Crippen LogP contribution in [0, 0.1) is 0 Å². The van der Waals surface area contributed by atoms with E-state index in [0.717, 1.165) is 24.2 Å². The van der Waals surface area contributed by atoms with Crippen LogP contribution >= 0.6 is 0 Å². The third kappa shape index (κ3) is 2.11. The van der Waals surface area contributed by atoms with Crippen molar-refractivity contribution in [3.8, 4) is 0 Å². The van der Waals surface area contributed by atoms with Crippen LogP contribution in [0.15, 0.2) is 18.6 Å². The summed E-state index contributed by atoms with van der Waals surface area (Å²) in [5, 5.41) is 18.0. The minimum Gasteiger partial charge on any atom is -0.308 e. The van der Waals surface area contributed by atoms with E-state index in [1.165, 1.54) is 0 Å². The van der Waals surface area contributed by atoms with Crippen LogP contribution in [0.25, 0.3) is 0 Å². The Balaban J connectivity index is 2.20. The largest absolute Gasteiger partial charge is 0.308 e. The van der Waals surface area contributed by atoms with Crippen LogP contribution in [0.1, 0.15) is 30.6 Å².